The average molecular weight is 539 g/mol. The molecule has 3 aromatic carbocycles. The fourth-order valence-electron chi connectivity index (χ4n) is 3.33. The monoisotopic (exact) mass is 538 g/mol. The van der Waals surface area contributed by atoms with Crippen LogP contribution in [0, 0.1) is 0 Å². The molecular weight excluding hydrogens is 513 g/mol. The molecule has 0 spiro atoms. The number of hydrogen-bond acceptors (Lipinski definition) is 6. The van der Waals surface area contributed by atoms with E-state index in [1.165, 1.54) is 44.6 Å². The number of anilines is 1. The van der Waals surface area contributed by atoms with Crippen LogP contribution < -0.4 is 24.2 Å². The quantitative estimate of drug-likeness (QED) is 0.385. The van der Waals surface area contributed by atoms with E-state index in [4.69, 9.17) is 14.2 Å². The van der Waals surface area contributed by atoms with Crippen LogP contribution in [0.25, 0.3) is 0 Å². The second kappa shape index (κ2) is 11.4. The second-order valence-corrected chi connectivity index (χ2v) is 9.53. The third kappa shape index (κ3) is 7.29. The summed E-state index contributed by atoms with van der Waals surface area (Å²) in [6.45, 7) is 1.46. The van der Waals surface area contributed by atoms with Crippen LogP contribution in [-0.2, 0) is 21.0 Å². The van der Waals surface area contributed by atoms with Gasteiger partial charge in [0.05, 0.1) is 30.7 Å². The summed E-state index contributed by atoms with van der Waals surface area (Å²) in [6.07, 6.45) is -4.61. The Kier molecular flexibility index (Phi) is 8.53. The molecule has 0 fully saturated rings. The number of methoxy groups -OCH3 is 2. The van der Waals surface area contributed by atoms with Crippen molar-refractivity contribution in [1.29, 1.82) is 0 Å². The molecule has 2 N–H and O–H groups in total. The number of halogens is 3. The van der Waals surface area contributed by atoms with Gasteiger partial charge >= 0.3 is 6.18 Å². The van der Waals surface area contributed by atoms with Gasteiger partial charge in [0, 0.05) is 5.69 Å². The van der Waals surface area contributed by atoms with E-state index in [0.717, 1.165) is 17.7 Å². The summed E-state index contributed by atoms with van der Waals surface area (Å²) in [6, 6.07) is 13.9. The highest BCUT2D eigenvalue weighted by molar-refractivity contribution is 7.92. The predicted octanol–water partition coefficient (Wildman–Crippen LogP) is 4.78. The number of benzene rings is 3. The number of ether oxygens (including phenoxy) is 3. The molecule has 0 unspecified atom stereocenters. The first kappa shape index (κ1) is 27.7. The number of alkyl halides is 3. The van der Waals surface area contributed by atoms with Crippen LogP contribution in [0.1, 0.15) is 24.1 Å². The Labute approximate surface area is 212 Å². The summed E-state index contributed by atoms with van der Waals surface area (Å²) < 4.78 is 81.8. The van der Waals surface area contributed by atoms with E-state index in [1.807, 2.05) is 0 Å². The van der Waals surface area contributed by atoms with Gasteiger partial charge in [0.15, 0.2) is 18.1 Å². The fourth-order valence-corrected chi connectivity index (χ4v) is 4.38. The van der Waals surface area contributed by atoms with Crippen LogP contribution in [0.3, 0.4) is 0 Å². The van der Waals surface area contributed by atoms with Crippen LogP contribution in [0.2, 0.25) is 0 Å². The first-order chi connectivity index (χ1) is 17.4. The first-order valence-electron chi connectivity index (χ1n) is 10.9. The minimum absolute atomic E-state index is 0.191. The Morgan fingerprint density at radius 3 is 2.24 bits per heavy atom. The molecule has 198 valence electrons. The highest BCUT2D eigenvalue weighted by Crippen LogP contribution is 2.32. The lowest BCUT2D eigenvalue weighted by molar-refractivity contribution is -0.137. The van der Waals surface area contributed by atoms with Crippen molar-refractivity contribution in [2.24, 2.45) is 0 Å². The van der Waals surface area contributed by atoms with Gasteiger partial charge in [-0.1, -0.05) is 12.1 Å². The largest absolute Gasteiger partial charge is 0.493 e. The van der Waals surface area contributed by atoms with Gasteiger partial charge in [0.1, 0.15) is 5.75 Å². The van der Waals surface area contributed by atoms with Crippen molar-refractivity contribution in [3.05, 3.63) is 77.9 Å². The number of amides is 1. The molecular formula is C25H25F3N2O6S. The maximum absolute atomic E-state index is 12.9. The van der Waals surface area contributed by atoms with Gasteiger partial charge in [-0.05, 0) is 67.1 Å². The molecule has 1 atom stereocenters. The van der Waals surface area contributed by atoms with Gasteiger partial charge < -0.3 is 19.5 Å². The van der Waals surface area contributed by atoms with E-state index in [1.54, 1.807) is 25.1 Å². The van der Waals surface area contributed by atoms with Gasteiger partial charge in [-0.15, -0.1) is 0 Å². The minimum Gasteiger partial charge on any atom is -0.493 e. The summed E-state index contributed by atoms with van der Waals surface area (Å²) in [4.78, 5) is 12.1. The highest BCUT2D eigenvalue weighted by atomic mass is 32.2. The SMILES string of the molecule is COc1ccc([C@H](C)NC(=O)COc2ccc(S(=O)(=O)Nc3cccc(C(F)(F)F)c3)cc2)cc1OC. The number of carbonyl (C=O) groups excluding carboxylic acids is 1. The van der Waals surface area contributed by atoms with Crippen LogP contribution in [0.5, 0.6) is 17.2 Å². The van der Waals surface area contributed by atoms with E-state index < -0.39 is 27.7 Å². The molecule has 3 rings (SSSR count). The second-order valence-electron chi connectivity index (χ2n) is 7.85. The average Bonchev–Trinajstić information content (AvgIpc) is 2.86. The van der Waals surface area contributed by atoms with E-state index in [-0.39, 0.29) is 29.0 Å². The normalized spacial score (nSPS) is 12.4. The number of nitrogens with one attached hydrogen (secondary N) is 2. The zero-order valence-corrected chi connectivity index (χ0v) is 20.9. The number of carbonyl (C=O) groups is 1. The molecule has 0 saturated carbocycles. The lowest BCUT2D eigenvalue weighted by Crippen LogP contribution is -2.31. The van der Waals surface area contributed by atoms with E-state index >= 15 is 0 Å². The Morgan fingerprint density at radius 1 is 0.946 bits per heavy atom. The zero-order chi connectivity index (χ0) is 27.2. The molecule has 37 heavy (non-hydrogen) atoms. The van der Waals surface area contributed by atoms with Gasteiger partial charge in [-0.3, -0.25) is 9.52 Å². The topological polar surface area (TPSA) is 103 Å². The van der Waals surface area contributed by atoms with Crippen LogP contribution >= 0.6 is 0 Å². The maximum atomic E-state index is 12.9. The van der Waals surface area contributed by atoms with Crippen LogP contribution in [-0.4, -0.2) is 35.2 Å². The molecule has 0 saturated heterocycles. The molecule has 12 heteroatoms. The zero-order valence-electron chi connectivity index (χ0n) is 20.1. The summed E-state index contributed by atoms with van der Waals surface area (Å²) in [7, 11) is -1.12. The van der Waals surface area contributed by atoms with Crippen molar-refractivity contribution in [1.82, 2.24) is 5.32 Å². The summed E-state index contributed by atoms with van der Waals surface area (Å²) in [5, 5.41) is 2.79. The van der Waals surface area contributed by atoms with Crippen molar-refractivity contribution < 1.29 is 40.6 Å². The Morgan fingerprint density at radius 2 is 1.62 bits per heavy atom. The molecule has 0 bridgehead atoms. The van der Waals surface area contributed by atoms with Crippen LogP contribution in [0.15, 0.2) is 71.6 Å². The minimum atomic E-state index is -4.61. The van der Waals surface area contributed by atoms with Gasteiger partial charge in [0.2, 0.25) is 0 Å². The molecule has 0 aromatic heterocycles. The third-order valence-electron chi connectivity index (χ3n) is 5.23. The molecule has 8 nitrogen and oxygen atoms in total. The summed E-state index contributed by atoms with van der Waals surface area (Å²) in [5.41, 5.74) is -0.417. The fraction of sp³-hybridized carbons (Fsp3) is 0.240. The molecule has 0 heterocycles. The molecule has 0 radical (unpaired) electrons. The van der Waals surface area contributed by atoms with Crippen molar-refractivity contribution in [2.75, 3.05) is 25.5 Å². The van der Waals surface area contributed by atoms with E-state index in [2.05, 4.69) is 10.0 Å². The van der Waals surface area contributed by atoms with Crippen molar-refractivity contribution in [2.45, 2.75) is 24.0 Å². The van der Waals surface area contributed by atoms with E-state index in [9.17, 15) is 26.4 Å². The highest BCUT2D eigenvalue weighted by Gasteiger charge is 2.30. The lowest BCUT2D eigenvalue weighted by Gasteiger charge is -2.17. The lowest BCUT2D eigenvalue weighted by atomic mass is 10.1. The molecule has 0 aliphatic heterocycles. The predicted molar refractivity (Wildman–Crippen MR) is 130 cm³/mol. The standard InChI is InChI=1S/C25H25F3N2O6S/c1-16(17-7-12-22(34-2)23(13-17)35-3)29-24(31)15-36-20-8-10-21(11-9-20)37(32,33)30-19-6-4-5-18(14-19)25(26,27)28/h4-14,16,30H,15H2,1-3H3,(H,29,31)/t16-/m0/s1. The van der Waals surface area contributed by atoms with Crippen molar-refractivity contribution in [3.63, 3.8) is 0 Å². The van der Waals surface area contributed by atoms with Crippen LogP contribution in [0.4, 0.5) is 18.9 Å². The number of sulfonamides is 1. The molecule has 0 aliphatic carbocycles. The Bertz CT molecular complexity index is 1350. The summed E-state index contributed by atoms with van der Waals surface area (Å²) >= 11 is 0. The maximum Gasteiger partial charge on any atom is 0.416 e. The van der Waals surface area contributed by atoms with Crippen molar-refractivity contribution in [3.8, 4) is 17.2 Å². The molecule has 3 aromatic rings. The molecule has 0 aliphatic rings. The smallest absolute Gasteiger partial charge is 0.416 e. The van der Waals surface area contributed by atoms with Gasteiger partial charge in [-0.25, -0.2) is 8.42 Å². The van der Waals surface area contributed by atoms with Gasteiger partial charge in [0.25, 0.3) is 15.9 Å². The number of hydrogen-bond donors (Lipinski definition) is 2. The Hall–Kier alpha value is -3.93. The van der Waals surface area contributed by atoms with Crippen molar-refractivity contribution >= 4 is 21.6 Å². The van der Waals surface area contributed by atoms with E-state index in [0.29, 0.717) is 17.6 Å². The first-order valence-corrected chi connectivity index (χ1v) is 12.4. The number of rotatable bonds is 10. The summed E-state index contributed by atoms with van der Waals surface area (Å²) in [5.74, 6) is 0.899. The molecule has 1 amide bonds. The third-order valence-corrected chi connectivity index (χ3v) is 6.63. The van der Waals surface area contributed by atoms with Gasteiger partial charge in [-0.2, -0.15) is 13.2 Å². The Balaban J connectivity index is 1.58.